The minimum absolute atomic E-state index is 0.0464. The van der Waals surface area contributed by atoms with E-state index in [1.807, 2.05) is 48.5 Å². The minimum Gasteiger partial charge on any atom is -0.493 e. The average Bonchev–Trinajstić information content (AvgIpc) is 2.98. The van der Waals surface area contributed by atoms with Crippen LogP contribution in [0.5, 0.6) is 11.5 Å². The number of hydrogen-bond donors (Lipinski definition) is 1. The van der Waals surface area contributed by atoms with Gasteiger partial charge in [-0.25, -0.2) is 0 Å². The van der Waals surface area contributed by atoms with Gasteiger partial charge in [-0.05, 0) is 35.3 Å². The molecule has 1 saturated heterocycles. The van der Waals surface area contributed by atoms with Gasteiger partial charge < -0.3 is 19.7 Å². The summed E-state index contributed by atoms with van der Waals surface area (Å²) in [5, 5.41) is 2.86. The molecule has 0 radical (unpaired) electrons. The molecule has 0 aromatic heterocycles. The van der Waals surface area contributed by atoms with Gasteiger partial charge in [0.2, 0.25) is 11.8 Å². The predicted molar refractivity (Wildman–Crippen MR) is 121 cm³/mol. The minimum atomic E-state index is -0.290. The first kappa shape index (κ1) is 22.4. The van der Waals surface area contributed by atoms with Gasteiger partial charge in [-0.3, -0.25) is 9.59 Å². The number of benzene rings is 2. The molecule has 1 N–H and O–H groups in total. The molecule has 1 unspecified atom stereocenters. The second-order valence-electron chi connectivity index (χ2n) is 7.96. The van der Waals surface area contributed by atoms with Crippen molar-refractivity contribution in [3.63, 3.8) is 0 Å². The van der Waals surface area contributed by atoms with Gasteiger partial charge in [-0.15, -0.1) is 0 Å². The molecule has 6 heteroatoms. The van der Waals surface area contributed by atoms with Crippen LogP contribution in [0, 0.1) is 5.92 Å². The highest BCUT2D eigenvalue weighted by molar-refractivity contribution is 5.93. The summed E-state index contributed by atoms with van der Waals surface area (Å²) in [6.45, 7) is 5.68. The van der Waals surface area contributed by atoms with Crippen molar-refractivity contribution in [2.45, 2.75) is 26.3 Å². The fraction of sp³-hybridized carbons (Fsp3) is 0.360. The van der Waals surface area contributed by atoms with Gasteiger partial charge in [-0.2, -0.15) is 0 Å². The largest absolute Gasteiger partial charge is 0.493 e. The Morgan fingerprint density at radius 3 is 2.68 bits per heavy atom. The summed E-state index contributed by atoms with van der Waals surface area (Å²) in [5.41, 5.74) is 1.79. The van der Waals surface area contributed by atoms with Gasteiger partial charge in [0.1, 0.15) is 0 Å². The molecule has 1 aliphatic heterocycles. The normalized spacial score (nSPS) is 16.8. The molecule has 164 valence electrons. The van der Waals surface area contributed by atoms with Crippen LogP contribution in [-0.4, -0.2) is 43.5 Å². The first-order valence-corrected chi connectivity index (χ1v) is 10.6. The Balaban J connectivity index is 1.77. The van der Waals surface area contributed by atoms with E-state index in [1.165, 1.54) is 0 Å². The quantitative estimate of drug-likeness (QED) is 0.689. The van der Waals surface area contributed by atoms with Gasteiger partial charge in [0, 0.05) is 19.2 Å². The first-order valence-electron chi connectivity index (χ1n) is 10.6. The molecule has 2 aromatic rings. The zero-order chi connectivity index (χ0) is 22.2. The Kier molecular flexibility index (Phi) is 7.70. The van der Waals surface area contributed by atoms with Crippen LogP contribution in [0.1, 0.15) is 37.4 Å². The van der Waals surface area contributed by atoms with E-state index in [9.17, 15) is 9.59 Å². The number of rotatable bonds is 7. The molecule has 3 rings (SSSR count). The number of carbonyl (C=O) groups excluding carboxylic acids is 2. The number of nitrogens with zero attached hydrogens (tertiary/aromatic N) is 1. The molecule has 1 aliphatic rings. The highest BCUT2D eigenvalue weighted by Gasteiger charge is 2.28. The van der Waals surface area contributed by atoms with Crippen LogP contribution in [0.15, 0.2) is 54.6 Å². The molecule has 31 heavy (non-hydrogen) atoms. The topological polar surface area (TPSA) is 67.9 Å². The van der Waals surface area contributed by atoms with E-state index in [2.05, 4.69) is 19.2 Å². The van der Waals surface area contributed by atoms with Crippen LogP contribution < -0.4 is 14.8 Å². The fourth-order valence-electron chi connectivity index (χ4n) is 3.49. The third kappa shape index (κ3) is 6.10. The Hall–Kier alpha value is -3.28. The summed E-state index contributed by atoms with van der Waals surface area (Å²) in [6, 6.07) is 15.0. The van der Waals surface area contributed by atoms with Crippen molar-refractivity contribution in [2.24, 2.45) is 5.92 Å². The molecule has 0 bridgehead atoms. The molecule has 1 atom stereocenters. The third-order valence-corrected chi connectivity index (χ3v) is 5.08. The lowest BCUT2D eigenvalue weighted by molar-refractivity contribution is -0.128. The lowest BCUT2D eigenvalue weighted by Crippen LogP contribution is -2.35. The van der Waals surface area contributed by atoms with Crippen LogP contribution in [0.2, 0.25) is 0 Å². The Morgan fingerprint density at radius 2 is 1.97 bits per heavy atom. The van der Waals surface area contributed by atoms with Crippen LogP contribution in [0.4, 0.5) is 0 Å². The van der Waals surface area contributed by atoms with Crippen molar-refractivity contribution < 1.29 is 19.1 Å². The zero-order valence-electron chi connectivity index (χ0n) is 18.3. The Bertz CT molecular complexity index is 924. The second kappa shape index (κ2) is 10.7. The molecular weight excluding hydrogens is 392 g/mol. The highest BCUT2D eigenvalue weighted by Crippen LogP contribution is 2.29. The van der Waals surface area contributed by atoms with Crippen LogP contribution in [0.25, 0.3) is 6.08 Å². The van der Waals surface area contributed by atoms with Gasteiger partial charge in [0.25, 0.3) is 0 Å². The van der Waals surface area contributed by atoms with Crippen molar-refractivity contribution in [2.75, 3.05) is 26.8 Å². The van der Waals surface area contributed by atoms with Crippen LogP contribution in [0.3, 0.4) is 0 Å². The van der Waals surface area contributed by atoms with Crippen LogP contribution in [-0.2, 0) is 9.59 Å². The van der Waals surface area contributed by atoms with Gasteiger partial charge in [-0.1, -0.05) is 50.2 Å². The second-order valence-corrected chi connectivity index (χ2v) is 7.96. The molecule has 0 aliphatic carbocycles. The summed E-state index contributed by atoms with van der Waals surface area (Å²) in [5.74, 6) is 1.54. The Morgan fingerprint density at radius 1 is 1.19 bits per heavy atom. The van der Waals surface area contributed by atoms with Crippen molar-refractivity contribution in [3.05, 3.63) is 65.7 Å². The highest BCUT2D eigenvalue weighted by atomic mass is 16.5. The number of nitrogens with one attached hydrogen (secondary N) is 1. The Labute approximate surface area is 183 Å². The van der Waals surface area contributed by atoms with Gasteiger partial charge >= 0.3 is 0 Å². The SMILES string of the molecule is COc1cc(/C=C/C(=O)N2CCNC(=O)CC2c2ccccc2)ccc1OCC(C)C. The third-order valence-electron chi connectivity index (χ3n) is 5.08. The maximum atomic E-state index is 13.1. The molecule has 0 spiro atoms. The van der Waals surface area contributed by atoms with Crippen LogP contribution >= 0.6 is 0 Å². The summed E-state index contributed by atoms with van der Waals surface area (Å²) in [6.07, 6.45) is 3.56. The molecule has 6 nitrogen and oxygen atoms in total. The van der Waals surface area contributed by atoms with E-state index < -0.39 is 0 Å². The lowest BCUT2D eigenvalue weighted by Gasteiger charge is -2.28. The maximum absolute atomic E-state index is 13.1. The molecule has 2 amide bonds. The number of amides is 2. The summed E-state index contributed by atoms with van der Waals surface area (Å²) in [4.78, 5) is 26.9. The van der Waals surface area contributed by atoms with Crippen molar-refractivity contribution >= 4 is 17.9 Å². The number of ether oxygens (including phenoxy) is 2. The van der Waals surface area contributed by atoms with E-state index in [0.29, 0.717) is 37.1 Å². The average molecular weight is 423 g/mol. The summed E-state index contributed by atoms with van der Waals surface area (Å²) >= 11 is 0. The van der Waals surface area contributed by atoms with Crippen molar-refractivity contribution in [3.8, 4) is 11.5 Å². The van der Waals surface area contributed by atoms with E-state index in [4.69, 9.17) is 9.47 Å². The fourth-order valence-corrected chi connectivity index (χ4v) is 3.49. The summed E-state index contributed by atoms with van der Waals surface area (Å²) < 4.78 is 11.2. The molecule has 1 fully saturated rings. The van der Waals surface area contributed by atoms with Gasteiger partial charge in [0.05, 0.1) is 26.2 Å². The summed E-state index contributed by atoms with van der Waals surface area (Å²) in [7, 11) is 1.60. The molecule has 1 heterocycles. The van der Waals surface area contributed by atoms with Crippen molar-refractivity contribution in [1.29, 1.82) is 0 Å². The predicted octanol–water partition coefficient (Wildman–Crippen LogP) is 3.83. The standard InChI is InChI=1S/C25H30N2O4/c1-18(2)17-31-22-11-9-19(15-23(22)30-3)10-12-25(29)27-14-13-26-24(28)16-21(27)20-7-5-4-6-8-20/h4-12,15,18,21H,13-14,16-17H2,1-3H3,(H,26,28)/b12-10+. The maximum Gasteiger partial charge on any atom is 0.247 e. The van der Waals surface area contributed by atoms with E-state index in [0.717, 1.165) is 11.1 Å². The smallest absolute Gasteiger partial charge is 0.247 e. The molecule has 0 saturated carbocycles. The molecule has 2 aromatic carbocycles. The number of carbonyl (C=O) groups is 2. The van der Waals surface area contributed by atoms with Gasteiger partial charge in [0.15, 0.2) is 11.5 Å². The first-order chi connectivity index (χ1) is 15.0. The van der Waals surface area contributed by atoms with E-state index in [-0.39, 0.29) is 24.3 Å². The monoisotopic (exact) mass is 422 g/mol. The lowest BCUT2D eigenvalue weighted by atomic mass is 10.0. The molecular formula is C25H30N2O4. The zero-order valence-corrected chi connectivity index (χ0v) is 18.3. The number of methoxy groups -OCH3 is 1. The van der Waals surface area contributed by atoms with E-state index >= 15 is 0 Å². The van der Waals surface area contributed by atoms with Crippen molar-refractivity contribution in [1.82, 2.24) is 10.2 Å². The van der Waals surface area contributed by atoms with E-state index in [1.54, 1.807) is 24.2 Å². The number of hydrogen-bond acceptors (Lipinski definition) is 4.